The zero-order valence-electron chi connectivity index (χ0n) is 39.4. The summed E-state index contributed by atoms with van der Waals surface area (Å²) in [5.41, 5.74) is 14.7. The third kappa shape index (κ3) is 8.76. The standard InChI is InChI=1S/C54H59O8P4.Mo/c1-25-10-13-34(18-28(25)4)50-31(7)20-39-27(3)12-16-38(53(39)57-50)46-32(8)52(35-14-11-26(2)29(5)19-35)58-54-45(46)30(6)21-40(55)48(54)47-33(9)51(36-15-17-41(60-64)42(22-36)61-65)56-43-23-37(59-63)24-44(62-66)49(43)47;/h10-15,17-19,21-24,31-33,46-47,50-52,55H,20,63-66H2,1-9H3;/q-1;. The minimum Gasteiger partial charge on any atom is -0.543 e. The van der Waals surface area contributed by atoms with Crippen molar-refractivity contribution in [1.29, 1.82) is 0 Å². The van der Waals surface area contributed by atoms with Crippen LogP contribution in [0.15, 0.2) is 78.9 Å². The first kappa shape index (κ1) is 49.5. The van der Waals surface area contributed by atoms with E-state index in [9.17, 15) is 5.11 Å². The first-order valence-electron chi connectivity index (χ1n) is 22.5. The average molecular weight is 1060 g/mol. The molecule has 0 bridgehead atoms. The minimum atomic E-state index is -0.516. The molecule has 3 aliphatic rings. The van der Waals surface area contributed by atoms with Crippen molar-refractivity contribution < 1.29 is 58.5 Å². The number of fused-ring (bicyclic) bond motifs is 3. The summed E-state index contributed by atoms with van der Waals surface area (Å²) in [5, 5.41) is 12.7. The molecule has 9 rings (SSSR count). The van der Waals surface area contributed by atoms with Crippen LogP contribution in [0.4, 0.5) is 0 Å². The molecule has 6 aromatic rings. The van der Waals surface area contributed by atoms with E-state index in [1.807, 2.05) is 36.4 Å². The van der Waals surface area contributed by atoms with Crippen molar-refractivity contribution in [2.75, 3.05) is 0 Å². The molecule has 0 saturated heterocycles. The van der Waals surface area contributed by atoms with E-state index >= 15 is 0 Å². The van der Waals surface area contributed by atoms with Crippen molar-refractivity contribution in [3.63, 3.8) is 0 Å². The van der Waals surface area contributed by atoms with Gasteiger partial charge in [0, 0.05) is 73.4 Å². The Hall–Kier alpha value is -3.87. The van der Waals surface area contributed by atoms with Crippen LogP contribution in [0.1, 0.15) is 129 Å². The third-order valence-electron chi connectivity index (χ3n) is 14.6. The zero-order valence-corrected chi connectivity index (χ0v) is 46.0. The Kier molecular flexibility index (Phi) is 14.7. The van der Waals surface area contributed by atoms with Crippen LogP contribution in [-0.4, -0.2) is 5.11 Å². The fourth-order valence-electron chi connectivity index (χ4n) is 10.8. The van der Waals surface area contributed by atoms with Crippen LogP contribution in [0.5, 0.6) is 46.0 Å². The van der Waals surface area contributed by atoms with Gasteiger partial charge >= 0.3 is 0 Å². The molecule has 0 saturated carbocycles. The number of phenolic OH excluding ortho intramolecular Hbond substituents is 1. The van der Waals surface area contributed by atoms with Gasteiger partial charge in [0.05, 0.1) is 37.9 Å². The summed E-state index contributed by atoms with van der Waals surface area (Å²) >= 11 is 0. The molecule has 350 valence electrons. The Morgan fingerprint density at radius 2 is 1.12 bits per heavy atom. The first-order valence-corrected chi connectivity index (χ1v) is 24.4. The second-order valence-electron chi connectivity index (χ2n) is 18.7. The normalized spacial score (nSPS) is 22.6. The third-order valence-corrected chi connectivity index (χ3v) is 15.7. The monoisotopic (exact) mass is 1060 g/mol. The maximum absolute atomic E-state index is 12.7. The molecule has 0 aromatic heterocycles. The van der Waals surface area contributed by atoms with Gasteiger partial charge in [-0.3, -0.25) is 0 Å². The Morgan fingerprint density at radius 1 is 0.537 bits per heavy atom. The molecule has 12 atom stereocenters. The van der Waals surface area contributed by atoms with Crippen molar-refractivity contribution in [3.05, 3.63) is 163 Å². The van der Waals surface area contributed by atoms with Gasteiger partial charge in [-0.1, -0.05) is 70.2 Å². The van der Waals surface area contributed by atoms with Crippen molar-refractivity contribution in [2.45, 2.75) is 98.9 Å². The van der Waals surface area contributed by atoms with Crippen LogP contribution in [0.3, 0.4) is 0 Å². The molecule has 8 nitrogen and oxygen atoms in total. The van der Waals surface area contributed by atoms with E-state index in [-0.39, 0.29) is 56.6 Å². The Morgan fingerprint density at radius 3 is 1.75 bits per heavy atom. The molecule has 0 spiro atoms. The summed E-state index contributed by atoms with van der Waals surface area (Å²) in [6.45, 7) is 19.6. The fourth-order valence-corrected chi connectivity index (χ4v) is 11.5. The van der Waals surface area contributed by atoms with Crippen LogP contribution in [0, 0.1) is 65.4 Å². The predicted octanol–water partition coefficient (Wildman–Crippen LogP) is 13.8. The molecule has 67 heavy (non-hydrogen) atoms. The van der Waals surface area contributed by atoms with Crippen LogP contribution in [0.25, 0.3) is 0 Å². The molecule has 0 amide bonds. The maximum atomic E-state index is 12.7. The van der Waals surface area contributed by atoms with Crippen molar-refractivity contribution in [1.82, 2.24) is 0 Å². The Balaban J connectivity index is 0.00000608. The summed E-state index contributed by atoms with van der Waals surface area (Å²) in [5.74, 6) is 3.51. The van der Waals surface area contributed by atoms with E-state index in [1.54, 1.807) is 0 Å². The van der Waals surface area contributed by atoms with Gasteiger partial charge in [-0.2, -0.15) is 17.7 Å². The van der Waals surface area contributed by atoms with E-state index in [0.717, 1.165) is 51.1 Å². The van der Waals surface area contributed by atoms with E-state index in [4.69, 9.17) is 32.3 Å². The van der Waals surface area contributed by atoms with Gasteiger partial charge in [0.1, 0.15) is 47.1 Å². The van der Waals surface area contributed by atoms with Gasteiger partial charge in [0.25, 0.3) is 0 Å². The van der Waals surface area contributed by atoms with Crippen LogP contribution in [0.2, 0.25) is 0 Å². The molecule has 13 heteroatoms. The summed E-state index contributed by atoms with van der Waals surface area (Å²) in [7, 11) is 9.31. The molecule has 0 radical (unpaired) electrons. The van der Waals surface area contributed by atoms with E-state index < -0.39 is 18.1 Å². The second kappa shape index (κ2) is 19.9. The van der Waals surface area contributed by atoms with Crippen LogP contribution in [-0.2, 0) is 27.5 Å². The Labute approximate surface area is 419 Å². The molecule has 1 N–H and O–H groups in total. The number of aromatic hydroxyl groups is 1. The second-order valence-corrected chi connectivity index (χ2v) is 19.7. The molecule has 3 aliphatic heterocycles. The van der Waals surface area contributed by atoms with Crippen molar-refractivity contribution in [2.24, 2.45) is 17.8 Å². The van der Waals surface area contributed by atoms with Gasteiger partial charge in [0.15, 0.2) is 11.5 Å². The number of benzene rings is 6. The van der Waals surface area contributed by atoms with E-state index in [1.165, 1.54) is 33.4 Å². The molecular formula is C54H59MoO8P4-. The van der Waals surface area contributed by atoms with Crippen molar-refractivity contribution in [3.8, 4) is 46.0 Å². The molecule has 12 unspecified atom stereocenters. The largest absolute Gasteiger partial charge is 0.543 e. The summed E-state index contributed by atoms with van der Waals surface area (Å²) < 4.78 is 44.9. The molecule has 3 heterocycles. The molecule has 0 aliphatic carbocycles. The zero-order chi connectivity index (χ0) is 46.9. The smallest absolute Gasteiger partial charge is 0.165 e. The number of ether oxygens (including phenoxy) is 3. The Bertz CT molecular complexity index is 2870. The average Bonchev–Trinajstić information content (AvgIpc) is 3.31. The number of aryl methyl sites for hydroxylation is 6. The SMILES string of the molecule is Cc1ccc(C2Oc3c(C4c5c(C)cc(O)c(C6c7c(OP)cc(OP)cc7OC(c7ccc(OP)c(OP)c7)C6C)c5OC(c5ccc(C)c(C)c5)C4C)[c-]cc(C)c3CC2C)cc1C.[Mo]. The van der Waals surface area contributed by atoms with Gasteiger partial charge < -0.3 is 37.4 Å². The van der Waals surface area contributed by atoms with Crippen molar-refractivity contribution >= 4 is 37.9 Å². The van der Waals surface area contributed by atoms with Gasteiger partial charge in [-0.05, 0) is 116 Å². The number of hydrogen-bond acceptors (Lipinski definition) is 8. The summed E-state index contributed by atoms with van der Waals surface area (Å²) in [6.07, 6.45) is -0.186. The number of hydrogen-bond donors (Lipinski definition) is 1. The predicted molar refractivity (Wildman–Crippen MR) is 274 cm³/mol. The molecule has 0 fully saturated rings. The summed E-state index contributed by atoms with van der Waals surface area (Å²) in [4.78, 5) is 0. The van der Waals surface area contributed by atoms with E-state index in [0.29, 0.717) is 40.1 Å². The van der Waals surface area contributed by atoms with Crippen LogP contribution >= 0.6 is 37.9 Å². The number of rotatable bonds is 9. The van der Waals surface area contributed by atoms with Gasteiger partial charge in [-0.15, -0.1) is 11.1 Å². The number of phenols is 1. The van der Waals surface area contributed by atoms with Crippen LogP contribution < -0.4 is 32.3 Å². The first-order chi connectivity index (χ1) is 31.7. The maximum Gasteiger partial charge on any atom is 0.165 e. The topological polar surface area (TPSA) is 84.8 Å². The summed E-state index contributed by atoms with van der Waals surface area (Å²) in [6, 6.07) is 30.7. The fraction of sp³-hybridized carbons (Fsp3) is 0.333. The molecule has 6 aromatic carbocycles. The van der Waals surface area contributed by atoms with Gasteiger partial charge in [0.2, 0.25) is 0 Å². The quantitative estimate of drug-likeness (QED) is 0.0871. The van der Waals surface area contributed by atoms with Gasteiger partial charge in [-0.25, -0.2) is 0 Å². The minimum absolute atomic E-state index is 0. The molecular weight excluding hydrogens is 996 g/mol. The van der Waals surface area contributed by atoms with E-state index in [2.05, 4.69) is 149 Å².